The predicted molar refractivity (Wildman–Crippen MR) is 118 cm³/mol. The van der Waals surface area contributed by atoms with Gasteiger partial charge in [0.2, 0.25) is 5.91 Å². The summed E-state index contributed by atoms with van der Waals surface area (Å²) < 4.78 is 1.75. The number of anilines is 1. The van der Waals surface area contributed by atoms with Gasteiger partial charge in [-0.15, -0.1) is 0 Å². The first-order valence-corrected chi connectivity index (χ1v) is 10.5. The summed E-state index contributed by atoms with van der Waals surface area (Å²) in [7, 11) is 1.88. The monoisotopic (exact) mass is 390 g/mol. The number of carbonyl (C=O) groups is 1. The van der Waals surface area contributed by atoms with Crippen molar-refractivity contribution in [2.45, 2.75) is 51.9 Å². The minimum atomic E-state index is -0.0493. The van der Waals surface area contributed by atoms with Gasteiger partial charge in [0.25, 0.3) is 0 Å². The number of hydrogen-bond acceptors (Lipinski definition) is 3. The zero-order valence-electron chi connectivity index (χ0n) is 17.4. The molecule has 3 aromatic rings. The van der Waals surface area contributed by atoms with Crippen molar-refractivity contribution in [1.82, 2.24) is 14.8 Å². The van der Waals surface area contributed by atoms with E-state index in [1.807, 2.05) is 37.5 Å². The lowest BCUT2D eigenvalue weighted by atomic mass is 10.0. The number of aryl methyl sites for hydroxylation is 2. The first kappa shape index (κ1) is 20.8. The molecule has 2 aromatic heterocycles. The number of amides is 1. The number of aromatic nitrogens is 3. The SMILES string of the molecule is CCCCCCCc1cccc(CC(=O)Nc2ccc(-c3cnn(C)c3)cn2)c1. The fourth-order valence-electron chi connectivity index (χ4n) is 3.41. The molecule has 0 unspecified atom stereocenters. The molecule has 0 aliphatic carbocycles. The van der Waals surface area contributed by atoms with Crippen molar-refractivity contribution >= 4 is 11.7 Å². The number of hydrogen-bond donors (Lipinski definition) is 1. The van der Waals surface area contributed by atoms with Gasteiger partial charge in [-0.05, 0) is 36.1 Å². The van der Waals surface area contributed by atoms with Crippen molar-refractivity contribution in [3.8, 4) is 11.1 Å². The van der Waals surface area contributed by atoms with Crippen LogP contribution in [0.25, 0.3) is 11.1 Å². The quantitative estimate of drug-likeness (QED) is 0.486. The van der Waals surface area contributed by atoms with Crippen LogP contribution in [0.1, 0.15) is 50.2 Å². The van der Waals surface area contributed by atoms with Gasteiger partial charge < -0.3 is 5.32 Å². The highest BCUT2D eigenvalue weighted by atomic mass is 16.1. The van der Waals surface area contributed by atoms with Gasteiger partial charge in [-0.1, -0.05) is 56.9 Å². The maximum absolute atomic E-state index is 12.4. The van der Waals surface area contributed by atoms with Gasteiger partial charge >= 0.3 is 0 Å². The highest BCUT2D eigenvalue weighted by molar-refractivity contribution is 5.91. The van der Waals surface area contributed by atoms with E-state index in [0.717, 1.165) is 23.1 Å². The van der Waals surface area contributed by atoms with Crippen LogP contribution in [-0.2, 0) is 24.7 Å². The molecule has 1 amide bonds. The van der Waals surface area contributed by atoms with E-state index >= 15 is 0 Å². The molecule has 3 rings (SSSR count). The van der Waals surface area contributed by atoms with E-state index in [2.05, 4.69) is 34.5 Å². The van der Waals surface area contributed by atoms with Gasteiger partial charge in [-0.2, -0.15) is 5.10 Å². The molecule has 29 heavy (non-hydrogen) atoms. The lowest BCUT2D eigenvalue weighted by Crippen LogP contribution is -2.15. The van der Waals surface area contributed by atoms with Gasteiger partial charge in [0.1, 0.15) is 5.82 Å². The van der Waals surface area contributed by atoms with E-state index in [0.29, 0.717) is 12.2 Å². The number of nitrogens with zero attached hydrogens (tertiary/aromatic N) is 3. The van der Waals surface area contributed by atoms with E-state index in [1.54, 1.807) is 17.1 Å². The molecule has 5 heteroatoms. The standard InChI is InChI=1S/C24H30N4O/c1-3-4-5-6-7-9-19-10-8-11-20(14-19)15-24(29)27-23-13-12-21(16-25-23)22-17-26-28(2)18-22/h8,10-14,16-18H,3-7,9,15H2,1-2H3,(H,25,27,29). The molecule has 0 spiro atoms. The van der Waals surface area contributed by atoms with Crippen LogP contribution in [0.15, 0.2) is 55.0 Å². The van der Waals surface area contributed by atoms with Crippen molar-refractivity contribution in [3.05, 3.63) is 66.1 Å². The third kappa shape index (κ3) is 6.56. The van der Waals surface area contributed by atoms with E-state index in [1.165, 1.54) is 37.7 Å². The Morgan fingerprint density at radius 3 is 2.55 bits per heavy atom. The van der Waals surface area contributed by atoms with Crippen molar-refractivity contribution in [3.63, 3.8) is 0 Å². The number of rotatable bonds is 10. The van der Waals surface area contributed by atoms with Crippen LogP contribution in [-0.4, -0.2) is 20.7 Å². The first-order valence-electron chi connectivity index (χ1n) is 10.5. The Labute approximate surface area is 173 Å². The number of pyridine rings is 1. The molecular weight excluding hydrogens is 360 g/mol. The molecule has 0 aliphatic rings. The van der Waals surface area contributed by atoms with E-state index < -0.39 is 0 Å². The van der Waals surface area contributed by atoms with E-state index in [9.17, 15) is 4.79 Å². The van der Waals surface area contributed by atoms with Gasteiger partial charge in [0, 0.05) is 30.6 Å². The highest BCUT2D eigenvalue weighted by Gasteiger charge is 2.07. The van der Waals surface area contributed by atoms with Crippen LogP contribution in [0.4, 0.5) is 5.82 Å². The molecule has 0 radical (unpaired) electrons. The Morgan fingerprint density at radius 2 is 1.83 bits per heavy atom. The Balaban J connectivity index is 1.50. The number of benzene rings is 1. The zero-order chi connectivity index (χ0) is 20.5. The number of nitrogens with one attached hydrogen (secondary N) is 1. The van der Waals surface area contributed by atoms with Gasteiger partial charge in [0.05, 0.1) is 12.6 Å². The fourth-order valence-corrected chi connectivity index (χ4v) is 3.41. The fraction of sp³-hybridized carbons (Fsp3) is 0.375. The molecule has 1 aromatic carbocycles. The van der Waals surface area contributed by atoms with Crippen LogP contribution in [0.2, 0.25) is 0 Å². The normalized spacial score (nSPS) is 10.8. The summed E-state index contributed by atoms with van der Waals surface area (Å²) in [6.45, 7) is 2.24. The van der Waals surface area contributed by atoms with Crippen molar-refractivity contribution < 1.29 is 4.79 Å². The van der Waals surface area contributed by atoms with E-state index in [-0.39, 0.29) is 5.91 Å². The van der Waals surface area contributed by atoms with Crippen molar-refractivity contribution in [1.29, 1.82) is 0 Å². The lowest BCUT2D eigenvalue weighted by molar-refractivity contribution is -0.115. The average Bonchev–Trinajstić information content (AvgIpc) is 3.15. The van der Waals surface area contributed by atoms with Gasteiger partial charge in [-0.25, -0.2) is 4.98 Å². The summed E-state index contributed by atoms with van der Waals surface area (Å²) in [5, 5.41) is 7.06. The molecule has 0 saturated heterocycles. The molecule has 0 aliphatic heterocycles. The lowest BCUT2D eigenvalue weighted by Gasteiger charge is -2.07. The third-order valence-corrected chi connectivity index (χ3v) is 4.99. The maximum Gasteiger partial charge on any atom is 0.229 e. The summed E-state index contributed by atoms with van der Waals surface area (Å²) in [4.78, 5) is 16.8. The predicted octanol–water partition coefficient (Wildman–Crippen LogP) is 5.18. The minimum Gasteiger partial charge on any atom is -0.310 e. The largest absolute Gasteiger partial charge is 0.310 e. The summed E-state index contributed by atoms with van der Waals surface area (Å²) in [5.74, 6) is 0.515. The van der Waals surface area contributed by atoms with Crippen LogP contribution in [0, 0.1) is 0 Å². The topological polar surface area (TPSA) is 59.8 Å². The molecule has 1 N–H and O–H groups in total. The van der Waals surface area contributed by atoms with Crippen LogP contribution < -0.4 is 5.32 Å². The van der Waals surface area contributed by atoms with Crippen LogP contribution in [0.5, 0.6) is 0 Å². The summed E-state index contributed by atoms with van der Waals surface area (Å²) in [6.07, 6.45) is 13.3. The van der Waals surface area contributed by atoms with Crippen LogP contribution >= 0.6 is 0 Å². The Morgan fingerprint density at radius 1 is 1.00 bits per heavy atom. The van der Waals surface area contributed by atoms with Gasteiger partial charge in [0.15, 0.2) is 0 Å². The average molecular weight is 391 g/mol. The zero-order valence-corrected chi connectivity index (χ0v) is 17.4. The second-order valence-electron chi connectivity index (χ2n) is 7.54. The molecule has 0 bridgehead atoms. The van der Waals surface area contributed by atoms with Crippen molar-refractivity contribution in [2.24, 2.45) is 7.05 Å². The molecule has 0 saturated carbocycles. The first-order chi connectivity index (χ1) is 14.1. The number of unbranched alkanes of at least 4 members (excludes halogenated alkanes) is 4. The summed E-state index contributed by atoms with van der Waals surface area (Å²) >= 11 is 0. The number of carbonyl (C=O) groups excluding carboxylic acids is 1. The van der Waals surface area contributed by atoms with Crippen LogP contribution in [0.3, 0.4) is 0 Å². The second-order valence-corrected chi connectivity index (χ2v) is 7.54. The maximum atomic E-state index is 12.4. The molecule has 5 nitrogen and oxygen atoms in total. The molecule has 2 heterocycles. The third-order valence-electron chi connectivity index (χ3n) is 4.99. The molecule has 152 valence electrons. The highest BCUT2D eigenvalue weighted by Crippen LogP contribution is 2.19. The molecule has 0 atom stereocenters. The smallest absolute Gasteiger partial charge is 0.229 e. The minimum absolute atomic E-state index is 0.0493. The Bertz CT molecular complexity index is 915. The summed E-state index contributed by atoms with van der Waals surface area (Å²) in [5.41, 5.74) is 4.33. The van der Waals surface area contributed by atoms with E-state index in [4.69, 9.17) is 0 Å². The van der Waals surface area contributed by atoms with Gasteiger partial charge in [-0.3, -0.25) is 9.48 Å². The Kier molecular flexibility index (Phi) is 7.56. The summed E-state index contributed by atoms with van der Waals surface area (Å²) in [6, 6.07) is 12.1. The molecule has 0 fully saturated rings. The Hall–Kier alpha value is -2.95. The second kappa shape index (κ2) is 10.6. The van der Waals surface area contributed by atoms with Crippen molar-refractivity contribution in [2.75, 3.05) is 5.32 Å². The molecular formula is C24H30N4O.